The first-order valence-electron chi connectivity index (χ1n) is 9.27. The number of rotatable bonds is 3. The molecule has 1 aliphatic heterocycles. The second kappa shape index (κ2) is 7.29. The smallest absolute Gasteiger partial charge is 0.289 e. The van der Waals surface area contributed by atoms with E-state index in [1.807, 2.05) is 6.07 Å². The Bertz CT molecular complexity index is 1150. The van der Waals surface area contributed by atoms with Gasteiger partial charge in [-0.05, 0) is 35.9 Å². The molecule has 0 atom stereocenters. The number of piperazine rings is 1. The summed E-state index contributed by atoms with van der Waals surface area (Å²) in [6.45, 7) is 2.56. The summed E-state index contributed by atoms with van der Waals surface area (Å²) in [6.07, 6.45) is 3.08. The molecule has 1 aromatic carbocycles. The number of hydrogen-bond donors (Lipinski definition) is 0. The maximum Gasteiger partial charge on any atom is 0.289 e. The van der Waals surface area contributed by atoms with Crippen LogP contribution in [0.2, 0.25) is 0 Å². The number of carbonyl (C=O) groups is 1. The van der Waals surface area contributed by atoms with E-state index in [1.165, 1.54) is 18.4 Å². The second-order valence-electron chi connectivity index (χ2n) is 6.79. The number of halogens is 1. The standard InChI is InChI=1S/C21H17FN4O2S/c22-15-5-3-14(4-6-15)18-12-16-19(29-18)20(24-13-23-16)25-7-9-26(10-8-25)21(27)17-2-1-11-28-17/h1-6,11-13H,7-10H2. The molecule has 6 nitrogen and oxygen atoms in total. The number of aromatic nitrogens is 2. The summed E-state index contributed by atoms with van der Waals surface area (Å²) in [7, 11) is 0. The van der Waals surface area contributed by atoms with Crippen LogP contribution in [0.3, 0.4) is 0 Å². The third-order valence-corrected chi connectivity index (χ3v) is 6.19. The average Bonchev–Trinajstić information content (AvgIpc) is 3.44. The number of thiophene rings is 1. The third-order valence-electron chi connectivity index (χ3n) is 5.02. The Labute approximate surface area is 170 Å². The molecule has 0 bridgehead atoms. The molecule has 5 rings (SSSR count). The number of amides is 1. The van der Waals surface area contributed by atoms with Crippen LogP contribution < -0.4 is 4.90 Å². The normalized spacial score (nSPS) is 14.5. The molecule has 1 aliphatic rings. The molecule has 0 radical (unpaired) electrons. The SMILES string of the molecule is O=C(c1ccco1)N1CCN(c2ncnc3cc(-c4ccc(F)cc4)sc23)CC1. The van der Waals surface area contributed by atoms with Crippen LogP contribution in [0.15, 0.2) is 59.5 Å². The number of furan rings is 1. The van der Waals surface area contributed by atoms with Gasteiger partial charge in [-0.3, -0.25) is 4.79 Å². The van der Waals surface area contributed by atoms with Gasteiger partial charge in [-0.1, -0.05) is 12.1 Å². The number of anilines is 1. The predicted molar refractivity (Wildman–Crippen MR) is 110 cm³/mol. The van der Waals surface area contributed by atoms with Crippen molar-refractivity contribution in [2.75, 3.05) is 31.1 Å². The van der Waals surface area contributed by atoms with Crippen LogP contribution in [0.4, 0.5) is 10.2 Å². The molecule has 3 aromatic heterocycles. The van der Waals surface area contributed by atoms with Gasteiger partial charge < -0.3 is 14.2 Å². The van der Waals surface area contributed by atoms with E-state index in [2.05, 4.69) is 14.9 Å². The van der Waals surface area contributed by atoms with Gasteiger partial charge in [0.25, 0.3) is 5.91 Å². The van der Waals surface area contributed by atoms with Crippen LogP contribution in [-0.2, 0) is 0 Å². The fourth-order valence-electron chi connectivity index (χ4n) is 3.50. The van der Waals surface area contributed by atoms with E-state index >= 15 is 0 Å². The fraction of sp³-hybridized carbons (Fsp3) is 0.190. The minimum absolute atomic E-state index is 0.0859. The Kier molecular flexibility index (Phi) is 4.48. The van der Waals surface area contributed by atoms with Crippen LogP contribution in [0, 0.1) is 5.82 Å². The van der Waals surface area contributed by atoms with Crippen molar-refractivity contribution < 1.29 is 13.6 Å². The second-order valence-corrected chi connectivity index (χ2v) is 7.84. The van der Waals surface area contributed by atoms with Gasteiger partial charge in [-0.15, -0.1) is 11.3 Å². The monoisotopic (exact) mass is 408 g/mol. The lowest BCUT2D eigenvalue weighted by Crippen LogP contribution is -2.49. The van der Waals surface area contributed by atoms with Gasteiger partial charge in [-0.2, -0.15) is 0 Å². The first kappa shape index (κ1) is 17.8. The van der Waals surface area contributed by atoms with Gasteiger partial charge >= 0.3 is 0 Å². The number of benzene rings is 1. The van der Waals surface area contributed by atoms with E-state index < -0.39 is 0 Å². The maximum absolute atomic E-state index is 13.2. The Morgan fingerprint density at radius 1 is 1.07 bits per heavy atom. The third kappa shape index (κ3) is 3.36. The Morgan fingerprint density at radius 2 is 1.86 bits per heavy atom. The Hall–Kier alpha value is -3.26. The average molecular weight is 408 g/mol. The van der Waals surface area contributed by atoms with Crippen LogP contribution in [-0.4, -0.2) is 47.0 Å². The minimum Gasteiger partial charge on any atom is -0.459 e. The molecule has 1 amide bonds. The molecule has 0 N–H and O–H groups in total. The highest BCUT2D eigenvalue weighted by Crippen LogP contribution is 2.37. The highest BCUT2D eigenvalue weighted by Gasteiger charge is 2.25. The van der Waals surface area contributed by atoms with Crippen molar-refractivity contribution in [2.45, 2.75) is 0 Å². The zero-order valence-corrected chi connectivity index (χ0v) is 16.2. The van der Waals surface area contributed by atoms with Crippen LogP contribution >= 0.6 is 11.3 Å². The fourth-order valence-corrected chi connectivity index (χ4v) is 4.63. The van der Waals surface area contributed by atoms with E-state index in [9.17, 15) is 9.18 Å². The van der Waals surface area contributed by atoms with E-state index in [0.29, 0.717) is 31.9 Å². The quantitative estimate of drug-likeness (QED) is 0.512. The van der Waals surface area contributed by atoms with E-state index in [0.717, 1.165) is 26.5 Å². The van der Waals surface area contributed by atoms with Crippen LogP contribution in [0.1, 0.15) is 10.6 Å². The van der Waals surface area contributed by atoms with Gasteiger partial charge in [-0.25, -0.2) is 14.4 Å². The molecular weight excluding hydrogens is 391 g/mol. The van der Waals surface area contributed by atoms with E-state index in [1.54, 1.807) is 46.8 Å². The number of carbonyl (C=O) groups excluding carboxylic acids is 1. The van der Waals surface area contributed by atoms with Crippen molar-refractivity contribution in [3.63, 3.8) is 0 Å². The molecule has 8 heteroatoms. The number of fused-ring (bicyclic) bond motifs is 1. The van der Waals surface area contributed by atoms with E-state index in [-0.39, 0.29) is 11.7 Å². The van der Waals surface area contributed by atoms with Crippen molar-refractivity contribution in [3.8, 4) is 10.4 Å². The zero-order chi connectivity index (χ0) is 19.8. The minimum atomic E-state index is -0.252. The Balaban J connectivity index is 1.38. The molecule has 4 aromatic rings. The van der Waals surface area contributed by atoms with Crippen molar-refractivity contribution in [3.05, 3.63) is 66.6 Å². The van der Waals surface area contributed by atoms with Crippen molar-refractivity contribution in [1.82, 2.24) is 14.9 Å². The van der Waals surface area contributed by atoms with Gasteiger partial charge in [0.05, 0.1) is 16.5 Å². The van der Waals surface area contributed by atoms with Crippen LogP contribution in [0.5, 0.6) is 0 Å². The van der Waals surface area contributed by atoms with Gasteiger partial charge in [0, 0.05) is 31.1 Å². The van der Waals surface area contributed by atoms with Crippen molar-refractivity contribution in [2.24, 2.45) is 0 Å². The molecule has 29 heavy (non-hydrogen) atoms. The van der Waals surface area contributed by atoms with Gasteiger partial charge in [0.2, 0.25) is 0 Å². The van der Waals surface area contributed by atoms with Crippen molar-refractivity contribution >= 4 is 33.3 Å². The molecule has 146 valence electrons. The van der Waals surface area contributed by atoms with Gasteiger partial charge in [0.1, 0.15) is 18.0 Å². The summed E-state index contributed by atoms with van der Waals surface area (Å²) in [5.41, 5.74) is 1.82. The summed E-state index contributed by atoms with van der Waals surface area (Å²) in [5.74, 6) is 0.901. The summed E-state index contributed by atoms with van der Waals surface area (Å²) in [5, 5.41) is 0. The summed E-state index contributed by atoms with van der Waals surface area (Å²) in [6, 6.07) is 11.9. The number of nitrogens with zero attached hydrogens (tertiary/aromatic N) is 4. The molecule has 0 spiro atoms. The summed E-state index contributed by atoms with van der Waals surface area (Å²) >= 11 is 1.60. The molecule has 1 fully saturated rings. The lowest BCUT2D eigenvalue weighted by atomic mass is 10.2. The van der Waals surface area contributed by atoms with Crippen molar-refractivity contribution in [1.29, 1.82) is 0 Å². The first-order valence-corrected chi connectivity index (χ1v) is 10.1. The molecule has 0 unspecified atom stereocenters. The Morgan fingerprint density at radius 3 is 2.59 bits per heavy atom. The molecule has 0 saturated carbocycles. The summed E-state index contributed by atoms with van der Waals surface area (Å²) in [4.78, 5) is 26.4. The topological polar surface area (TPSA) is 62.5 Å². The predicted octanol–water partition coefficient (Wildman–Crippen LogP) is 4.05. The largest absolute Gasteiger partial charge is 0.459 e. The lowest BCUT2D eigenvalue weighted by molar-refractivity contribution is 0.0714. The van der Waals surface area contributed by atoms with Gasteiger partial charge in [0.15, 0.2) is 5.76 Å². The lowest BCUT2D eigenvalue weighted by Gasteiger charge is -2.35. The molecule has 1 saturated heterocycles. The van der Waals surface area contributed by atoms with Crippen LogP contribution in [0.25, 0.3) is 20.7 Å². The van der Waals surface area contributed by atoms with E-state index in [4.69, 9.17) is 4.42 Å². The number of hydrogen-bond acceptors (Lipinski definition) is 6. The molecule has 4 heterocycles. The first-order chi connectivity index (χ1) is 14.2. The maximum atomic E-state index is 13.2. The highest BCUT2D eigenvalue weighted by molar-refractivity contribution is 7.22. The highest BCUT2D eigenvalue weighted by atomic mass is 32.1. The summed E-state index contributed by atoms with van der Waals surface area (Å²) < 4.78 is 19.5. The molecular formula is C21H17FN4O2S. The zero-order valence-electron chi connectivity index (χ0n) is 15.4. The molecule has 0 aliphatic carbocycles.